The second kappa shape index (κ2) is 11.9. The number of imidazole rings is 1. The Balaban J connectivity index is 0.00000144. The molecule has 1 aliphatic heterocycles. The molecule has 2 aromatic carbocycles. The van der Waals surface area contributed by atoms with Crippen LogP contribution in [-0.4, -0.2) is 76.9 Å². The number of nitrogens with one attached hydrogen (secondary N) is 1. The van der Waals surface area contributed by atoms with Crippen molar-refractivity contribution in [2.75, 3.05) is 52.3 Å². The van der Waals surface area contributed by atoms with Gasteiger partial charge in [0.25, 0.3) is 0 Å². The number of fused-ring (bicyclic) bond motifs is 3. The molecule has 0 aliphatic carbocycles. The monoisotopic (exact) mass is 542 g/mol. The number of benzene rings is 2. The van der Waals surface area contributed by atoms with Crippen molar-refractivity contribution in [3.63, 3.8) is 0 Å². The Morgan fingerprint density at radius 2 is 1.79 bits per heavy atom. The molecule has 0 bridgehead atoms. The summed E-state index contributed by atoms with van der Waals surface area (Å²) in [4.78, 5) is 33.5. The zero-order valence-corrected chi connectivity index (χ0v) is 22.9. The summed E-state index contributed by atoms with van der Waals surface area (Å²) < 4.78 is 38.6. The molecule has 1 saturated heterocycles. The number of hydrogen-bond acceptors (Lipinski definition) is 5. The van der Waals surface area contributed by atoms with Gasteiger partial charge < -0.3 is 19.9 Å². The van der Waals surface area contributed by atoms with Gasteiger partial charge >= 0.3 is 11.7 Å². The maximum Gasteiger partial charge on any atom is 0.328 e. The Kier molecular flexibility index (Phi) is 8.61. The number of aromatic nitrogens is 3. The van der Waals surface area contributed by atoms with Crippen molar-refractivity contribution in [3.8, 4) is 11.1 Å². The summed E-state index contributed by atoms with van der Waals surface area (Å²) in [6.45, 7) is 7.13. The summed E-state index contributed by atoms with van der Waals surface area (Å²) in [5.74, 6) is -2.20. The minimum Gasteiger partial charge on any atom is -0.383 e. The molecule has 0 saturated carbocycles. The number of likely N-dealkylation sites (N-methyl/N-ethyl adjacent to an activating group) is 1. The maximum absolute atomic E-state index is 15.3. The van der Waals surface area contributed by atoms with E-state index in [2.05, 4.69) is 15.2 Å². The van der Waals surface area contributed by atoms with E-state index in [-0.39, 0.29) is 18.4 Å². The number of ether oxygens (including phenoxy) is 1. The fourth-order valence-electron chi connectivity index (χ4n) is 4.71. The smallest absolute Gasteiger partial charge is 0.328 e. The van der Waals surface area contributed by atoms with Gasteiger partial charge in [0.2, 0.25) is 0 Å². The highest BCUT2D eigenvalue weighted by Crippen LogP contribution is 2.32. The van der Waals surface area contributed by atoms with Crippen LogP contribution in [0.3, 0.4) is 0 Å². The number of hydrogen-bond donors (Lipinski definition) is 1. The molecule has 1 aliphatic rings. The third-order valence-corrected chi connectivity index (χ3v) is 6.91. The number of halogens is 2. The van der Waals surface area contributed by atoms with Gasteiger partial charge in [-0.15, -0.1) is 0 Å². The van der Waals surface area contributed by atoms with Gasteiger partial charge in [0.1, 0.15) is 0 Å². The fourth-order valence-corrected chi connectivity index (χ4v) is 4.71. The number of nitrogens with zero attached hydrogens (tertiary/aromatic N) is 5. The van der Waals surface area contributed by atoms with E-state index >= 15 is 8.78 Å². The van der Waals surface area contributed by atoms with Crippen molar-refractivity contribution in [1.29, 1.82) is 0 Å². The van der Waals surface area contributed by atoms with E-state index in [0.717, 1.165) is 0 Å². The molecule has 0 unspecified atom stereocenters. The average Bonchev–Trinajstić information content (AvgIpc) is 3.20. The van der Waals surface area contributed by atoms with E-state index < -0.39 is 17.7 Å². The Hall–Kier alpha value is -3.83. The molecular formula is C28H36F2N6O3. The SMILES string of the molecule is CC.COCCn1c(=O)n(C)c2cnc3ccc(-c4ccc(NC(=O)N5CCN(C)CC5)c(F)c4F)cc3c21.[HH]. The largest absolute Gasteiger partial charge is 0.383 e. The van der Waals surface area contributed by atoms with Gasteiger partial charge in [-0.1, -0.05) is 19.9 Å². The number of aryl methyl sites for hydroxylation is 1. The number of rotatable bonds is 5. The first-order valence-corrected chi connectivity index (χ1v) is 13.0. The Bertz CT molecular complexity index is 1560. The summed E-state index contributed by atoms with van der Waals surface area (Å²) in [6, 6.07) is 7.41. The first-order chi connectivity index (χ1) is 18.8. The van der Waals surface area contributed by atoms with E-state index in [0.29, 0.717) is 66.8 Å². The van der Waals surface area contributed by atoms with Gasteiger partial charge in [-0.3, -0.25) is 14.1 Å². The summed E-state index contributed by atoms with van der Waals surface area (Å²) in [5, 5.41) is 3.13. The van der Waals surface area contributed by atoms with Gasteiger partial charge in [-0.05, 0) is 36.9 Å². The van der Waals surface area contributed by atoms with Crippen LogP contribution in [0.2, 0.25) is 0 Å². The number of urea groups is 1. The molecule has 5 rings (SSSR count). The van der Waals surface area contributed by atoms with Crippen molar-refractivity contribution in [2.24, 2.45) is 7.05 Å². The van der Waals surface area contributed by atoms with Crippen LogP contribution < -0.4 is 11.0 Å². The topological polar surface area (TPSA) is 84.6 Å². The Morgan fingerprint density at radius 3 is 2.49 bits per heavy atom. The van der Waals surface area contributed by atoms with Crippen molar-refractivity contribution < 1.29 is 19.7 Å². The molecule has 39 heavy (non-hydrogen) atoms. The lowest BCUT2D eigenvalue weighted by Gasteiger charge is -2.32. The van der Waals surface area contributed by atoms with E-state index in [4.69, 9.17) is 4.74 Å². The predicted octanol–water partition coefficient (Wildman–Crippen LogP) is 4.53. The quantitative estimate of drug-likeness (QED) is 0.401. The van der Waals surface area contributed by atoms with Gasteiger partial charge in [-0.2, -0.15) is 0 Å². The van der Waals surface area contributed by atoms with Crippen LogP contribution in [0.5, 0.6) is 0 Å². The molecule has 4 aromatic rings. The number of carbonyl (C=O) groups is 1. The van der Waals surface area contributed by atoms with Crippen molar-refractivity contribution in [1.82, 2.24) is 23.9 Å². The molecular weight excluding hydrogens is 506 g/mol. The van der Waals surface area contributed by atoms with E-state index in [1.165, 1.54) is 16.7 Å². The maximum atomic E-state index is 15.3. The first-order valence-electron chi connectivity index (χ1n) is 13.0. The number of methoxy groups -OCH3 is 1. The molecule has 0 radical (unpaired) electrons. The number of carbonyl (C=O) groups excluding carboxylic acids is 1. The molecule has 11 heteroatoms. The second-order valence-electron chi connectivity index (χ2n) is 9.22. The van der Waals surface area contributed by atoms with Gasteiger partial charge in [-0.25, -0.2) is 18.4 Å². The summed E-state index contributed by atoms with van der Waals surface area (Å²) >= 11 is 0. The fraction of sp³-hybridized carbons (Fsp3) is 0.393. The predicted molar refractivity (Wildman–Crippen MR) is 151 cm³/mol. The van der Waals surface area contributed by atoms with Crippen molar-refractivity contribution in [2.45, 2.75) is 20.4 Å². The number of anilines is 1. The Morgan fingerprint density at radius 1 is 1.08 bits per heavy atom. The molecule has 0 spiro atoms. The normalized spacial score (nSPS) is 14.0. The molecule has 210 valence electrons. The van der Waals surface area contributed by atoms with Crippen LogP contribution in [0.25, 0.3) is 33.1 Å². The van der Waals surface area contributed by atoms with Crippen LogP contribution in [0.15, 0.2) is 41.3 Å². The highest BCUT2D eigenvalue weighted by atomic mass is 19.2. The number of piperazine rings is 1. The van der Waals surface area contributed by atoms with Crippen LogP contribution in [0.4, 0.5) is 19.3 Å². The zero-order chi connectivity index (χ0) is 28.3. The third kappa shape index (κ3) is 5.37. The first kappa shape index (κ1) is 28.2. The lowest BCUT2D eigenvalue weighted by Crippen LogP contribution is -2.48. The van der Waals surface area contributed by atoms with Crippen LogP contribution in [-0.2, 0) is 18.3 Å². The third-order valence-electron chi connectivity index (χ3n) is 6.91. The van der Waals surface area contributed by atoms with Gasteiger partial charge in [0.05, 0.1) is 41.6 Å². The molecule has 3 heterocycles. The molecule has 0 atom stereocenters. The standard InChI is InChI=1S/C26H28F2N6O3.C2H6.H2/c1-31-8-10-33(11-9-31)25(35)30-20-7-5-17(22(27)23(20)28)16-4-6-19-18(14-16)24-21(15-29-19)32(2)26(36)34(24)12-13-37-3;1-2;/h4-7,14-15H,8-13H2,1-3H3,(H,30,35);1-2H3;1H. The van der Waals surface area contributed by atoms with E-state index in [1.54, 1.807) is 48.0 Å². The summed E-state index contributed by atoms with van der Waals surface area (Å²) in [6.07, 6.45) is 1.63. The zero-order valence-electron chi connectivity index (χ0n) is 22.9. The lowest BCUT2D eigenvalue weighted by atomic mass is 10.0. The minimum atomic E-state index is -1.13. The summed E-state index contributed by atoms with van der Waals surface area (Å²) in [5.41, 5.74) is 1.91. The number of amides is 2. The second-order valence-corrected chi connectivity index (χ2v) is 9.22. The van der Waals surface area contributed by atoms with Gasteiger partial charge in [0, 0.05) is 52.7 Å². The van der Waals surface area contributed by atoms with Crippen LogP contribution in [0.1, 0.15) is 15.3 Å². The Labute approximate surface area is 227 Å². The molecule has 1 fully saturated rings. The molecule has 2 aromatic heterocycles. The van der Waals surface area contributed by atoms with Crippen LogP contribution in [0, 0.1) is 11.6 Å². The lowest BCUT2D eigenvalue weighted by molar-refractivity contribution is 0.164. The molecule has 1 N–H and O–H groups in total. The van der Waals surface area contributed by atoms with Crippen molar-refractivity contribution in [3.05, 3.63) is 58.6 Å². The van der Waals surface area contributed by atoms with Crippen LogP contribution >= 0.6 is 0 Å². The van der Waals surface area contributed by atoms with E-state index in [9.17, 15) is 9.59 Å². The molecule has 9 nitrogen and oxygen atoms in total. The average molecular weight is 543 g/mol. The minimum absolute atomic E-state index is 0. The van der Waals surface area contributed by atoms with Crippen molar-refractivity contribution >= 4 is 33.7 Å². The molecule has 2 amide bonds. The summed E-state index contributed by atoms with van der Waals surface area (Å²) in [7, 11) is 5.19. The highest BCUT2D eigenvalue weighted by Gasteiger charge is 2.22. The number of pyridine rings is 1. The van der Waals surface area contributed by atoms with E-state index in [1.807, 2.05) is 20.9 Å². The van der Waals surface area contributed by atoms with Gasteiger partial charge in [0.15, 0.2) is 11.6 Å². The highest BCUT2D eigenvalue weighted by molar-refractivity contribution is 6.04.